The van der Waals surface area contributed by atoms with E-state index in [1.165, 1.54) is 76.0 Å². The number of esters is 1. The van der Waals surface area contributed by atoms with Gasteiger partial charge in [-0.3, -0.25) is 4.79 Å². The van der Waals surface area contributed by atoms with E-state index in [9.17, 15) is 9.59 Å². The standard InChI is InChI=1S/C37H45NO3/c1-41-35(40)30-14-17-32-29(24-30)8-5-9-33(32)38(34(39)28-6-3-2-4-7-28)25-36-18-21-37(22-19-36,23-20-36)31-15-12-27(13-16-31)26-10-11-26/h5,8-9,12-13,15-16,24,26,28H,2-4,6-7,10-11,14,17-23,25H2,1H3. The number of carbonyl (C=O) groups is 2. The van der Waals surface area contributed by atoms with Crippen molar-refractivity contribution in [3.63, 3.8) is 0 Å². The van der Waals surface area contributed by atoms with Gasteiger partial charge in [0.1, 0.15) is 0 Å². The van der Waals surface area contributed by atoms with Gasteiger partial charge in [0.25, 0.3) is 0 Å². The Morgan fingerprint density at radius 1 is 0.854 bits per heavy atom. The number of hydrogen-bond acceptors (Lipinski definition) is 3. The number of ether oxygens (including phenoxy) is 1. The highest BCUT2D eigenvalue weighted by Gasteiger charge is 2.50. The van der Waals surface area contributed by atoms with Crippen LogP contribution in [0.25, 0.3) is 6.08 Å². The minimum Gasteiger partial charge on any atom is -0.466 e. The zero-order valence-electron chi connectivity index (χ0n) is 24.8. The van der Waals surface area contributed by atoms with Crippen LogP contribution in [0.2, 0.25) is 0 Å². The van der Waals surface area contributed by atoms with Gasteiger partial charge in [-0.25, -0.2) is 4.79 Å². The van der Waals surface area contributed by atoms with E-state index in [0.717, 1.165) is 61.4 Å². The number of anilines is 1. The van der Waals surface area contributed by atoms with E-state index in [-0.39, 0.29) is 17.3 Å². The van der Waals surface area contributed by atoms with Gasteiger partial charge in [-0.15, -0.1) is 0 Å². The summed E-state index contributed by atoms with van der Waals surface area (Å²) >= 11 is 0. The predicted octanol–water partition coefficient (Wildman–Crippen LogP) is 8.27. The monoisotopic (exact) mass is 551 g/mol. The molecular weight excluding hydrogens is 506 g/mol. The summed E-state index contributed by atoms with van der Waals surface area (Å²) < 4.78 is 5.02. The molecule has 0 heterocycles. The van der Waals surface area contributed by atoms with Crippen LogP contribution in [0.3, 0.4) is 0 Å². The van der Waals surface area contributed by atoms with Crippen LogP contribution in [0.15, 0.2) is 48.0 Å². The molecule has 5 fully saturated rings. The molecule has 2 aromatic rings. The Kier molecular flexibility index (Phi) is 7.07. The number of benzene rings is 2. The summed E-state index contributed by atoms with van der Waals surface area (Å²) in [7, 11) is 1.45. The maximum atomic E-state index is 14.4. The van der Waals surface area contributed by atoms with Crippen LogP contribution < -0.4 is 4.90 Å². The smallest absolute Gasteiger partial charge is 0.333 e. The fourth-order valence-corrected chi connectivity index (χ4v) is 8.71. The van der Waals surface area contributed by atoms with E-state index in [4.69, 9.17) is 4.74 Å². The van der Waals surface area contributed by atoms with E-state index < -0.39 is 0 Å². The van der Waals surface area contributed by atoms with Crippen molar-refractivity contribution >= 4 is 23.6 Å². The Hall–Kier alpha value is -2.88. The molecule has 41 heavy (non-hydrogen) atoms. The third-order valence-electron chi connectivity index (χ3n) is 11.6. The number of fused-ring (bicyclic) bond motifs is 4. The van der Waals surface area contributed by atoms with Gasteiger partial charge >= 0.3 is 5.97 Å². The van der Waals surface area contributed by atoms with Gasteiger partial charge in [-0.05, 0) is 128 Å². The molecule has 4 heteroatoms. The van der Waals surface area contributed by atoms with Crippen molar-refractivity contribution in [2.45, 2.75) is 108 Å². The summed E-state index contributed by atoms with van der Waals surface area (Å²) in [6.07, 6.45) is 19.1. The second kappa shape index (κ2) is 10.7. The number of rotatable bonds is 7. The second-order valence-electron chi connectivity index (χ2n) is 13.9. The Bertz CT molecular complexity index is 1320. The van der Waals surface area contributed by atoms with Crippen molar-refractivity contribution < 1.29 is 14.3 Å². The molecule has 2 aromatic carbocycles. The quantitative estimate of drug-likeness (QED) is 0.325. The topological polar surface area (TPSA) is 46.6 Å². The van der Waals surface area contributed by atoms with Crippen LogP contribution in [-0.2, 0) is 26.2 Å². The Labute approximate surface area is 245 Å². The molecule has 0 aromatic heterocycles. The van der Waals surface area contributed by atoms with Gasteiger partial charge in [0.2, 0.25) is 5.91 Å². The van der Waals surface area contributed by atoms with E-state index in [1.54, 1.807) is 5.56 Å². The lowest BCUT2D eigenvalue weighted by Gasteiger charge is -2.55. The molecule has 8 rings (SSSR count). The molecule has 0 radical (unpaired) electrons. The fraction of sp³-hybridized carbons (Fsp3) is 0.568. The van der Waals surface area contributed by atoms with E-state index in [2.05, 4.69) is 47.4 Å². The van der Waals surface area contributed by atoms with Crippen molar-refractivity contribution in [2.24, 2.45) is 11.3 Å². The maximum absolute atomic E-state index is 14.4. The van der Waals surface area contributed by atoms with Gasteiger partial charge < -0.3 is 9.64 Å². The number of amides is 1. The summed E-state index contributed by atoms with van der Waals surface area (Å²) in [5.41, 5.74) is 7.70. The van der Waals surface area contributed by atoms with E-state index >= 15 is 0 Å². The summed E-state index contributed by atoms with van der Waals surface area (Å²) in [6, 6.07) is 16.0. The Balaban J connectivity index is 1.16. The van der Waals surface area contributed by atoms with Gasteiger partial charge in [0.05, 0.1) is 7.11 Å². The predicted molar refractivity (Wildman–Crippen MR) is 164 cm³/mol. The second-order valence-corrected chi connectivity index (χ2v) is 13.9. The minimum absolute atomic E-state index is 0.136. The average molecular weight is 552 g/mol. The SMILES string of the molecule is COC(=O)C1=Cc2cccc(N(CC34CCC(c5ccc(C6CC6)cc5)(CC3)CC4)C(=O)C3CCCCC3)c2CC1. The van der Waals surface area contributed by atoms with Crippen LogP contribution in [0.5, 0.6) is 0 Å². The first-order valence-electron chi connectivity index (χ1n) is 16.3. The zero-order chi connectivity index (χ0) is 28.0. The summed E-state index contributed by atoms with van der Waals surface area (Å²) in [5, 5.41) is 0. The largest absolute Gasteiger partial charge is 0.466 e. The first-order valence-corrected chi connectivity index (χ1v) is 16.3. The molecule has 6 aliphatic rings. The van der Waals surface area contributed by atoms with Crippen LogP contribution >= 0.6 is 0 Å². The van der Waals surface area contributed by atoms with Crippen molar-refractivity contribution in [3.8, 4) is 0 Å². The van der Waals surface area contributed by atoms with Crippen molar-refractivity contribution in [1.29, 1.82) is 0 Å². The lowest BCUT2D eigenvalue weighted by atomic mass is 9.51. The first kappa shape index (κ1) is 27.0. The summed E-state index contributed by atoms with van der Waals surface area (Å²) in [6.45, 7) is 0.836. The van der Waals surface area contributed by atoms with Crippen LogP contribution in [-0.4, -0.2) is 25.5 Å². The molecule has 0 saturated heterocycles. The zero-order valence-corrected chi connectivity index (χ0v) is 24.8. The normalized spacial score (nSPS) is 27.6. The summed E-state index contributed by atoms with van der Waals surface area (Å²) in [5.74, 6) is 1.04. The molecule has 0 spiro atoms. The number of methoxy groups -OCH3 is 1. The van der Waals surface area contributed by atoms with Crippen LogP contribution in [0.4, 0.5) is 5.69 Å². The molecule has 1 amide bonds. The molecule has 5 saturated carbocycles. The third kappa shape index (κ3) is 5.06. The molecule has 0 aliphatic heterocycles. The molecule has 4 nitrogen and oxygen atoms in total. The number of nitrogens with zero attached hydrogens (tertiary/aromatic N) is 1. The Morgan fingerprint density at radius 2 is 1.56 bits per heavy atom. The fourth-order valence-electron chi connectivity index (χ4n) is 8.71. The molecule has 0 N–H and O–H groups in total. The maximum Gasteiger partial charge on any atom is 0.333 e. The molecule has 0 unspecified atom stereocenters. The van der Waals surface area contributed by atoms with Gasteiger partial charge in [0.15, 0.2) is 0 Å². The first-order chi connectivity index (χ1) is 20.0. The third-order valence-corrected chi connectivity index (χ3v) is 11.6. The van der Waals surface area contributed by atoms with Crippen molar-refractivity contribution in [2.75, 3.05) is 18.6 Å². The molecular formula is C37H45NO3. The number of carbonyl (C=O) groups excluding carboxylic acids is 2. The van der Waals surface area contributed by atoms with Crippen molar-refractivity contribution in [3.05, 3.63) is 70.3 Å². The van der Waals surface area contributed by atoms with Crippen LogP contribution in [0.1, 0.15) is 118 Å². The van der Waals surface area contributed by atoms with Gasteiger partial charge in [-0.2, -0.15) is 0 Å². The highest BCUT2D eigenvalue weighted by Crippen LogP contribution is 2.58. The lowest BCUT2D eigenvalue weighted by Crippen LogP contribution is -2.51. The number of hydrogen-bond donors (Lipinski definition) is 0. The van der Waals surface area contributed by atoms with Crippen LogP contribution in [0, 0.1) is 11.3 Å². The highest BCUT2D eigenvalue weighted by molar-refractivity contribution is 5.98. The molecule has 0 atom stereocenters. The average Bonchev–Trinajstić information content (AvgIpc) is 3.90. The van der Waals surface area contributed by atoms with Crippen molar-refractivity contribution in [1.82, 2.24) is 0 Å². The van der Waals surface area contributed by atoms with E-state index in [1.807, 2.05) is 6.08 Å². The molecule has 216 valence electrons. The lowest BCUT2D eigenvalue weighted by molar-refractivity contribution is -0.136. The van der Waals surface area contributed by atoms with Gasteiger partial charge in [-0.1, -0.05) is 55.7 Å². The summed E-state index contributed by atoms with van der Waals surface area (Å²) in [4.78, 5) is 28.9. The Morgan fingerprint density at radius 3 is 2.22 bits per heavy atom. The minimum atomic E-state index is -0.245. The molecule has 6 aliphatic carbocycles. The highest BCUT2D eigenvalue weighted by atomic mass is 16.5. The molecule has 2 bridgehead atoms. The van der Waals surface area contributed by atoms with E-state index in [0.29, 0.717) is 17.7 Å². The van der Waals surface area contributed by atoms with Gasteiger partial charge in [0, 0.05) is 23.7 Å².